The molecule has 4 rings (SSSR count). The lowest BCUT2D eigenvalue weighted by Crippen LogP contribution is -2.52. The van der Waals surface area contributed by atoms with Gasteiger partial charge in [0, 0.05) is 43.4 Å². The van der Waals surface area contributed by atoms with E-state index < -0.39 is 54.1 Å². The Hall–Kier alpha value is -3.63. The molecule has 1 aliphatic rings. The molecule has 1 aromatic carbocycles. The molecule has 11 heteroatoms. The van der Waals surface area contributed by atoms with Crippen LogP contribution in [0.2, 0.25) is 0 Å². The van der Waals surface area contributed by atoms with Gasteiger partial charge in [0.15, 0.2) is 11.6 Å². The zero-order valence-electron chi connectivity index (χ0n) is 19.1. The number of nitrogens with one attached hydrogen (secondary N) is 1. The predicted molar refractivity (Wildman–Crippen MR) is 121 cm³/mol. The monoisotopic (exact) mass is 508 g/mol. The average molecular weight is 508 g/mol. The third-order valence-electron chi connectivity index (χ3n) is 5.95. The second-order valence-corrected chi connectivity index (χ2v) is 8.61. The van der Waals surface area contributed by atoms with Crippen LogP contribution in [0, 0.1) is 12.7 Å². The summed E-state index contributed by atoms with van der Waals surface area (Å²) in [5.74, 6) is -5.45. The van der Waals surface area contributed by atoms with Gasteiger partial charge in [0.25, 0.3) is 11.8 Å². The summed E-state index contributed by atoms with van der Waals surface area (Å²) < 4.78 is 81.2. The normalized spacial score (nSPS) is 17.6. The molecule has 0 radical (unpaired) electrons. The Morgan fingerprint density at radius 2 is 1.89 bits per heavy atom. The lowest BCUT2D eigenvalue weighted by molar-refractivity contribution is -0.138. The second kappa shape index (κ2) is 9.79. The highest BCUT2D eigenvalue weighted by molar-refractivity contribution is 5.99. The maximum atomic E-state index is 14.3. The second-order valence-electron chi connectivity index (χ2n) is 8.61. The van der Waals surface area contributed by atoms with Crippen molar-refractivity contribution in [1.82, 2.24) is 14.9 Å². The fourth-order valence-electron chi connectivity index (χ4n) is 4.12. The van der Waals surface area contributed by atoms with E-state index in [1.807, 2.05) is 6.07 Å². The van der Waals surface area contributed by atoms with E-state index in [2.05, 4.69) is 15.3 Å². The Morgan fingerprint density at radius 1 is 1.17 bits per heavy atom. The van der Waals surface area contributed by atoms with Crippen LogP contribution in [0.5, 0.6) is 0 Å². The topological polar surface area (TPSA) is 58.1 Å². The minimum absolute atomic E-state index is 0.0928. The molecule has 3 heterocycles. The summed E-state index contributed by atoms with van der Waals surface area (Å²) in [5, 5.41) is 2.49. The summed E-state index contributed by atoms with van der Waals surface area (Å²) in [7, 11) is 0. The van der Waals surface area contributed by atoms with Gasteiger partial charge in [0.2, 0.25) is 0 Å². The maximum absolute atomic E-state index is 14.3. The van der Waals surface area contributed by atoms with Crippen LogP contribution in [-0.4, -0.2) is 45.8 Å². The van der Waals surface area contributed by atoms with E-state index in [0.29, 0.717) is 17.5 Å². The number of halogens is 6. The van der Waals surface area contributed by atoms with Gasteiger partial charge in [-0.05, 0) is 24.6 Å². The van der Waals surface area contributed by atoms with Crippen molar-refractivity contribution >= 4 is 11.7 Å². The van der Waals surface area contributed by atoms with Crippen LogP contribution >= 0.6 is 0 Å². The first-order valence-corrected chi connectivity index (χ1v) is 11.1. The van der Waals surface area contributed by atoms with Crippen molar-refractivity contribution < 1.29 is 31.1 Å². The number of aryl methyl sites for hydroxylation is 1. The number of aromatic nitrogens is 2. The molecule has 1 atom stereocenters. The van der Waals surface area contributed by atoms with E-state index in [1.165, 1.54) is 4.90 Å². The van der Waals surface area contributed by atoms with Gasteiger partial charge < -0.3 is 10.2 Å². The Kier molecular flexibility index (Phi) is 6.92. The lowest BCUT2D eigenvalue weighted by atomic mass is 9.96. The Morgan fingerprint density at radius 3 is 2.56 bits per heavy atom. The predicted octanol–water partition coefficient (Wildman–Crippen LogP) is 5.96. The molecule has 5 nitrogen and oxygen atoms in total. The molecule has 0 bridgehead atoms. The fourth-order valence-corrected chi connectivity index (χ4v) is 4.12. The van der Waals surface area contributed by atoms with Crippen molar-refractivity contribution in [3.8, 4) is 11.1 Å². The van der Waals surface area contributed by atoms with Crippen molar-refractivity contribution in [2.45, 2.75) is 37.9 Å². The van der Waals surface area contributed by atoms with Crippen LogP contribution in [-0.2, 0) is 6.18 Å². The first-order valence-electron chi connectivity index (χ1n) is 11.1. The molecule has 1 saturated heterocycles. The van der Waals surface area contributed by atoms with E-state index >= 15 is 0 Å². The average Bonchev–Trinajstić information content (AvgIpc) is 2.82. The van der Waals surface area contributed by atoms with Crippen LogP contribution < -0.4 is 5.32 Å². The van der Waals surface area contributed by atoms with E-state index in [9.17, 15) is 31.1 Å². The molecule has 0 aliphatic carbocycles. The summed E-state index contributed by atoms with van der Waals surface area (Å²) in [6, 6.07) is 11.7. The number of alkyl halides is 5. The standard InChI is InChI=1S/C25H22F6N4O/c1-15-7-8-19(16-5-3-2-4-6-16)21(34-15)23(36)35-10-9-24(27,28)12-18(35)14-33-22-20(26)11-17(13-32-22)25(29,30)31/h2-8,11,13,18H,9-10,12,14H2,1H3,(H,32,33)/t18-/m0/s1. The van der Waals surface area contributed by atoms with Crippen LogP contribution in [0.1, 0.15) is 34.6 Å². The van der Waals surface area contributed by atoms with E-state index in [1.54, 1.807) is 43.3 Å². The quantitative estimate of drug-likeness (QED) is 0.432. The number of carbonyl (C=O) groups excluding carboxylic acids is 1. The molecule has 1 aliphatic heterocycles. The molecule has 0 spiro atoms. The smallest absolute Gasteiger partial charge is 0.366 e. The number of piperidine rings is 1. The van der Waals surface area contributed by atoms with Crippen molar-refractivity contribution in [3.63, 3.8) is 0 Å². The number of pyridine rings is 2. The number of amides is 1. The number of likely N-dealkylation sites (tertiary alicyclic amines) is 1. The van der Waals surface area contributed by atoms with Crippen molar-refractivity contribution in [3.05, 3.63) is 77.5 Å². The van der Waals surface area contributed by atoms with Gasteiger partial charge in [-0.3, -0.25) is 4.79 Å². The first kappa shape index (κ1) is 25.5. The van der Waals surface area contributed by atoms with Crippen LogP contribution in [0.4, 0.5) is 32.2 Å². The lowest BCUT2D eigenvalue weighted by Gasteiger charge is -2.39. The van der Waals surface area contributed by atoms with E-state index in [4.69, 9.17) is 0 Å². The summed E-state index contributed by atoms with van der Waals surface area (Å²) in [5.41, 5.74) is 0.638. The molecule has 2 aromatic heterocycles. The van der Waals surface area contributed by atoms with Gasteiger partial charge in [-0.25, -0.2) is 23.1 Å². The summed E-state index contributed by atoms with van der Waals surface area (Å²) >= 11 is 0. The number of nitrogens with zero attached hydrogens (tertiary/aromatic N) is 3. The molecular formula is C25H22F6N4O. The Bertz CT molecular complexity index is 1250. The SMILES string of the molecule is Cc1ccc(-c2ccccc2)c(C(=O)N2CCC(F)(F)C[C@H]2CNc2ncc(C(F)(F)F)cc2F)n1. The van der Waals surface area contributed by atoms with Crippen LogP contribution in [0.15, 0.2) is 54.7 Å². The zero-order chi connectivity index (χ0) is 26.1. The first-order chi connectivity index (χ1) is 16.9. The highest BCUT2D eigenvalue weighted by atomic mass is 19.4. The maximum Gasteiger partial charge on any atom is 0.417 e. The molecule has 0 saturated carbocycles. The van der Waals surface area contributed by atoms with Gasteiger partial charge >= 0.3 is 6.18 Å². The third-order valence-corrected chi connectivity index (χ3v) is 5.95. The number of hydrogen-bond donors (Lipinski definition) is 1. The van der Waals surface area contributed by atoms with Gasteiger partial charge in [0.1, 0.15) is 5.69 Å². The number of hydrogen-bond acceptors (Lipinski definition) is 4. The van der Waals surface area contributed by atoms with Crippen molar-refractivity contribution in [2.24, 2.45) is 0 Å². The minimum atomic E-state index is -4.78. The Labute approximate surface area is 203 Å². The molecule has 1 N–H and O–H groups in total. The summed E-state index contributed by atoms with van der Waals surface area (Å²) in [6.45, 7) is 1.09. The molecular weight excluding hydrogens is 486 g/mol. The fraction of sp³-hybridized carbons (Fsp3) is 0.320. The number of benzene rings is 1. The van der Waals surface area contributed by atoms with Gasteiger partial charge in [0.05, 0.1) is 11.6 Å². The molecule has 36 heavy (non-hydrogen) atoms. The molecule has 0 unspecified atom stereocenters. The van der Waals surface area contributed by atoms with Crippen LogP contribution in [0.25, 0.3) is 11.1 Å². The van der Waals surface area contributed by atoms with Crippen LogP contribution in [0.3, 0.4) is 0 Å². The van der Waals surface area contributed by atoms with E-state index in [0.717, 1.165) is 5.56 Å². The van der Waals surface area contributed by atoms with Crippen molar-refractivity contribution in [2.75, 3.05) is 18.4 Å². The van der Waals surface area contributed by atoms with E-state index in [-0.39, 0.29) is 24.8 Å². The highest BCUT2D eigenvalue weighted by Gasteiger charge is 2.43. The Balaban J connectivity index is 1.61. The minimum Gasteiger partial charge on any atom is -0.366 e. The number of anilines is 1. The summed E-state index contributed by atoms with van der Waals surface area (Å²) in [4.78, 5) is 22.7. The molecule has 3 aromatic rings. The number of rotatable bonds is 5. The highest BCUT2D eigenvalue weighted by Crippen LogP contribution is 2.34. The zero-order valence-corrected chi connectivity index (χ0v) is 19.1. The van der Waals surface area contributed by atoms with Gasteiger partial charge in [-0.15, -0.1) is 0 Å². The van der Waals surface area contributed by atoms with Gasteiger partial charge in [-0.1, -0.05) is 36.4 Å². The molecule has 190 valence electrons. The number of carbonyl (C=O) groups is 1. The van der Waals surface area contributed by atoms with Gasteiger partial charge in [-0.2, -0.15) is 13.2 Å². The molecule has 1 amide bonds. The summed E-state index contributed by atoms with van der Waals surface area (Å²) in [6.07, 6.45) is -5.60. The van der Waals surface area contributed by atoms with Crippen molar-refractivity contribution in [1.29, 1.82) is 0 Å². The molecule has 1 fully saturated rings. The third kappa shape index (κ3) is 5.60. The largest absolute Gasteiger partial charge is 0.417 e.